The van der Waals surface area contributed by atoms with E-state index in [1.807, 2.05) is 0 Å². The van der Waals surface area contributed by atoms with Crippen molar-refractivity contribution in [2.75, 3.05) is 0 Å². The normalized spacial score (nSPS) is 12.2. The van der Waals surface area contributed by atoms with Gasteiger partial charge in [0.05, 0.1) is 16.9 Å². The molecule has 0 spiro atoms. The summed E-state index contributed by atoms with van der Waals surface area (Å²) in [7, 11) is 0. The zero-order valence-electron chi connectivity index (χ0n) is 13.0. The lowest BCUT2D eigenvalue weighted by molar-refractivity contribution is 1.06. The van der Waals surface area contributed by atoms with Gasteiger partial charge in [0.15, 0.2) is 0 Å². The Labute approximate surface area is 139 Å². The molecule has 0 amide bonds. The molecule has 6 rings (SSSR count). The van der Waals surface area contributed by atoms with E-state index in [-0.39, 0.29) is 0 Å². The molecule has 0 aliphatic carbocycles. The standard InChI is InChI=1S/C22H14N2/c1-4-10-19-15(7-1)16-8-2-5-11-20(16)24-21-12-6-3-9-17(21)18-13-14-23(19)22(18)24/h1-14H. The van der Waals surface area contributed by atoms with Crippen LogP contribution >= 0.6 is 0 Å². The summed E-state index contributed by atoms with van der Waals surface area (Å²) < 4.78 is 4.73. The predicted octanol–water partition coefficient (Wildman–Crippen LogP) is 5.55. The highest BCUT2D eigenvalue weighted by Crippen LogP contribution is 2.42. The molecule has 1 aliphatic rings. The van der Waals surface area contributed by atoms with E-state index in [0.717, 1.165) is 0 Å². The molecule has 0 saturated carbocycles. The Morgan fingerprint density at radius 3 is 2.08 bits per heavy atom. The van der Waals surface area contributed by atoms with Crippen molar-refractivity contribution in [1.29, 1.82) is 0 Å². The molecular weight excluding hydrogens is 292 g/mol. The lowest BCUT2D eigenvalue weighted by atomic mass is 10.0. The van der Waals surface area contributed by atoms with Gasteiger partial charge in [-0.25, -0.2) is 0 Å². The second-order valence-corrected chi connectivity index (χ2v) is 6.31. The monoisotopic (exact) mass is 306 g/mol. The first-order valence-corrected chi connectivity index (χ1v) is 8.23. The molecule has 0 atom stereocenters. The molecule has 2 aromatic heterocycles. The molecule has 3 aromatic carbocycles. The van der Waals surface area contributed by atoms with E-state index >= 15 is 0 Å². The molecule has 0 saturated heterocycles. The van der Waals surface area contributed by atoms with Crippen molar-refractivity contribution in [3.8, 4) is 22.5 Å². The van der Waals surface area contributed by atoms with Gasteiger partial charge in [-0.3, -0.25) is 4.57 Å². The van der Waals surface area contributed by atoms with Crippen LogP contribution in [0.1, 0.15) is 0 Å². The molecule has 0 bridgehead atoms. The van der Waals surface area contributed by atoms with E-state index in [1.54, 1.807) is 0 Å². The molecule has 5 aromatic rings. The Morgan fingerprint density at radius 1 is 0.542 bits per heavy atom. The first-order chi connectivity index (χ1) is 11.9. The minimum atomic E-state index is 1.24. The van der Waals surface area contributed by atoms with Gasteiger partial charge in [-0.2, -0.15) is 0 Å². The second kappa shape index (κ2) is 4.18. The van der Waals surface area contributed by atoms with Crippen LogP contribution in [0.3, 0.4) is 0 Å². The number of hydrogen-bond acceptors (Lipinski definition) is 0. The smallest absolute Gasteiger partial charge is 0.130 e. The molecule has 1 aliphatic heterocycles. The van der Waals surface area contributed by atoms with Crippen molar-refractivity contribution < 1.29 is 0 Å². The van der Waals surface area contributed by atoms with Crippen LogP contribution in [0.25, 0.3) is 44.4 Å². The van der Waals surface area contributed by atoms with Gasteiger partial charge >= 0.3 is 0 Å². The first kappa shape index (κ1) is 12.2. The Bertz CT molecular complexity index is 1250. The predicted molar refractivity (Wildman–Crippen MR) is 99.1 cm³/mol. The molecule has 2 heteroatoms. The fourth-order valence-corrected chi connectivity index (χ4v) is 4.12. The summed E-state index contributed by atoms with van der Waals surface area (Å²) in [6, 6.07) is 28.3. The third-order valence-electron chi connectivity index (χ3n) is 5.11. The molecule has 0 unspecified atom stereocenters. The van der Waals surface area contributed by atoms with E-state index in [9.17, 15) is 0 Å². The average Bonchev–Trinajstić information content (AvgIpc) is 3.16. The van der Waals surface area contributed by atoms with E-state index < -0.39 is 0 Å². The summed E-state index contributed by atoms with van der Waals surface area (Å²) in [5.74, 6) is 0. The third kappa shape index (κ3) is 1.32. The number of para-hydroxylation sites is 3. The summed E-state index contributed by atoms with van der Waals surface area (Å²) >= 11 is 0. The largest absolute Gasteiger partial charge is 0.302 e. The Kier molecular flexibility index (Phi) is 2.12. The maximum absolute atomic E-state index is 2.40. The van der Waals surface area contributed by atoms with Crippen LogP contribution in [0.2, 0.25) is 0 Å². The fourth-order valence-electron chi connectivity index (χ4n) is 4.12. The minimum Gasteiger partial charge on any atom is -0.302 e. The van der Waals surface area contributed by atoms with Gasteiger partial charge in [0.1, 0.15) is 5.65 Å². The number of aromatic nitrogens is 2. The van der Waals surface area contributed by atoms with Gasteiger partial charge in [0, 0.05) is 28.1 Å². The van der Waals surface area contributed by atoms with Gasteiger partial charge in [-0.05, 0) is 24.3 Å². The van der Waals surface area contributed by atoms with Crippen molar-refractivity contribution in [3.05, 3.63) is 85.1 Å². The molecule has 0 radical (unpaired) electrons. The van der Waals surface area contributed by atoms with Crippen LogP contribution in [0.4, 0.5) is 0 Å². The highest BCUT2D eigenvalue weighted by Gasteiger charge is 2.23. The topological polar surface area (TPSA) is 9.86 Å². The minimum absolute atomic E-state index is 1.24. The van der Waals surface area contributed by atoms with Gasteiger partial charge in [-0.15, -0.1) is 0 Å². The average molecular weight is 306 g/mol. The van der Waals surface area contributed by atoms with Crippen molar-refractivity contribution in [2.24, 2.45) is 0 Å². The van der Waals surface area contributed by atoms with E-state index in [2.05, 4.69) is 94.2 Å². The van der Waals surface area contributed by atoms with E-state index in [1.165, 1.54) is 44.4 Å². The van der Waals surface area contributed by atoms with Gasteiger partial charge < -0.3 is 4.57 Å². The third-order valence-corrected chi connectivity index (χ3v) is 5.11. The summed E-state index contributed by atoms with van der Waals surface area (Å²) in [5, 5.41) is 2.61. The Morgan fingerprint density at radius 2 is 1.21 bits per heavy atom. The van der Waals surface area contributed by atoms with Crippen LogP contribution in [-0.4, -0.2) is 9.13 Å². The molecule has 0 N–H and O–H groups in total. The first-order valence-electron chi connectivity index (χ1n) is 8.23. The second-order valence-electron chi connectivity index (χ2n) is 6.31. The highest BCUT2D eigenvalue weighted by molar-refractivity contribution is 6.10. The number of rotatable bonds is 0. The molecule has 24 heavy (non-hydrogen) atoms. The summed E-state index contributed by atoms with van der Waals surface area (Å²) in [5.41, 5.74) is 7.54. The van der Waals surface area contributed by atoms with Crippen LogP contribution in [0.15, 0.2) is 85.1 Å². The van der Waals surface area contributed by atoms with Crippen molar-refractivity contribution in [1.82, 2.24) is 9.13 Å². The lowest BCUT2D eigenvalue weighted by Gasteiger charge is -2.11. The summed E-state index contributed by atoms with van der Waals surface area (Å²) in [6.07, 6.45) is 2.19. The maximum atomic E-state index is 2.40. The molecular formula is C22H14N2. The van der Waals surface area contributed by atoms with E-state index in [0.29, 0.717) is 0 Å². The van der Waals surface area contributed by atoms with Crippen LogP contribution in [0, 0.1) is 0 Å². The number of benzene rings is 3. The molecule has 2 nitrogen and oxygen atoms in total. The number of fused-ring (bicyclic) bond motifs is 8. The zero-order chi connectivity index (χ0) is 15.7. The molecule has 0 fully saturated rings. The lowest BCUT2D eigenvalue weighted by Crippen LogP contribution is -1.97. The number of nitrogens with zero attached hydrogens (tertiary/aromatic N) is 2. The van der Waals surface area contributed by atoms with Crippen LogP contribution in [0.5, 0.6) is 0 Å². The Balaban J connectivity index is 1.97. The summed E-state index contributed by atoms with van der Waals surface area (Å²) in [4.78, 5) is 0. The van der Waals surface area contributed by atoms with Crippen LogP contribution < -0.4 is 0 Å². The van der Waals surface area contributed by atoms with Crippen LogP contribution in [-0.2, 0) is 0 Å². The number of hydrogen-bond donors (Lipinski definition) is 0. The zero-order valence-corrected chi connectivity index (χ0v) is 13.0. The summed E-state index contributed by atoms with van der Waals surface area (Å²) in [6.45, 7) is 0. The maximum Gasteiger partial charge on any atom is 0.130 e. The Hall–Kier alpha value is -3.26. The van der Waals surface area contributed by atoms with Crippen molar-refractivity contribution in [2.45, 2.75) is 0 Å². The molecule has 3 heterocycles. The SMILES string of the molecule is c1ccc2c(c1)-c1ccccc1-n1c3ccccc3c3ccn-2c31. The van der Waals surface area contributed by atoms with Gasteiger partial charge in [0.2, 0.25) is 0 Å². The van der Waals surface area contributed by atoms with Crippen molar-refractivity contribution >= 4 is 21.9 Å². The van der Waals surface area contributed by atoms with E-state index in [4.69, 9.17) is 0 Å². The van der Waals surface area contributed by atoms with Crippen molar-refractivity contribution in [3.63, 3.8) is 0 Å². The fraction of sp³-hybridized carbons (Fsp3) is 0. The quantitative estimate of drug-likeness (QED) is 0.348. The molecule has 112 valence electrons. The van der Waals surface area contributed by atoms with Gasteiger partial charge in [-0.1, -0.05) is 54.6 Å². The highest BCUT2D eigenvalue weighted by atomic mass is 15.1. The van der Waals surface area contributed by atoms with Gasteiger partial charge in [0.25, 0.3) is 0 Å².